The van der Waals surface area contributed by atoms with E-state index in [1.807, 2.05) is 18.2 Å². The quantitative estimate of drug-likeness (QED) is 0.371. The summed E-state index contributed by atoms with van der Waals surface area (Å²) in [7, 11) is 1.31. The smallest absolute Gasteiger partial charge is 0.337 e. The maximum atomic E-state index is 12.7. The summed E-state index contributed by atoms with van der Waals surface area (Å²) in [5.41, 5.74) is 13.9. The number of esters is 2. The number of hydrogen-bond acceptors (Lipinski definition) is 5. The predicted octanol–water partition coefficient (Wildman–Crippen LogP) is 2.40. The number of nitrogens with zero attached hydrogens (tertiary/aromatic N) is 1. The van der Waals surface area contributed by atoms with Crippen LogP contribution in [0.15, 0.2) is 47.5 Å². The predicted molar refractivity (Wildman–Crippen MR) is 101 cm³/mol. The second-order valence-corrected chi connectivity index (χ2v) is 6.26. The fourth-order valence-corrected chi connectivity index (χ4v) is 3.28. The van der Waals surface area contributed by atoms with Gasteiger partial charge in [-0.1, -0.05) is 12.1 Å². The van der Waals surface area contributed by atoms with Crippen molar-refractivity contribution >= 4 is 23.6 Å². The van der Waals surface area contributed by atoms with Gasteiger partial charge in [0.1, 0.15) is 5.75 Å². The summed E-state index contributed by atoms with van der Waals surface area (Å²) in [5, 5.41) is 0. The highest BCUT2D eigenvalue weighted by Gasteiger charge is 2.29. The number of rotatable bonds is 4. The lowest BCUT2D eigenvalue weighted by atomic mass is 9.82. The van der Waals surface area contributed by atoms with E-state index in [0.29, 0.717) is 23.4 Å². The molecule has 2 aromatic rings. The zero-order chi connectivity index (χ0) is 19.4. The number of carbonyl (C=O) groups is 2. The number of aliphatic imine (C=N–C) groups is 1. The number of guanidine groups is 1. The zero-order valence-electron chi connectivity index (χ0n) is 15.0. The Morgan fingerprint density at radius 2 is 1.85 bits per heavy atom. The topological polar surface area (TPSA) is 117 Å². The standard InChI is InChI=1S/C20H21N3O4/c1-26-18(24)12-8-10-13(11-9-12)27-19(25)16-6-2-5-15-14(16)4-3-7-17(15)23-20(21)22/h3-4,7-11,16H,2,5-6H2,1H3,(H4,21,22,23). The second kappa shape index (κ2) is 7.90. The van der Waals surface area contributed by atoms with E-state index < -0.39 is 5.97 Å². The van der Waals surface area contributed by atoms with Crippen molar-refractivity contribution in [1.29, 1.82) is 0 Å². The minimum atomic E-state index is -0.443. The van der Waals surface area contributed by atoms with Gasteiger partial charge in [0.05, 0.1) is 24.3 Å². The van der Waals surface area contributed by atoms with Gasteiger partial charge in [-0.25, -0.2) is 9.79 Å². The molecule has 1 atom stereocenters. The van der Waals surface area contributed by atoms with Gasteiger partial charge < -0.3 is 20.9 Å². The van der Waals surface area contributed by atoms with Gasteiger partial charge in [0.25, 0.3) is 0 Å². The van der Waals surface area contributed by atoms with Crippen LogP contribution in [0.3, 0.4) is 0 Å². The van der Waals surface area contributed by atoms with Gasteiger partial charge >= 0.3 is 11.9 Å². The molecule has 0 aromatic heterocycles. The molecular formula is C20H21N3O4. The number of nitrogens with two attached hydrogens (primary N) is 2. The largest absolute Gasteiger partial charge is 0.465 e. The Morgan fingerprint density at radius 1 is 1.11 bits per heavy atom. The summed E-state index contributed by atoms with van der Waals surface area (Å²) >= 11 is 0. The molecule has 0 aliphatic heterocycles. The van der Waals surface area contributed by atoms with Gasteiger partial charge in [0.2, 0.25) is 0 Å². The van der Waals surface area contributed by atoms with Crippen LogP contribution in [-0.4, -0.2) is 25.0 Å². The number of fused-ring (bicyclic) bond motifs is 1. The average Bonchev–Trinajstić information content (AvgIpc) is 2.67. The highest BCUT2D eigenvalue weighted by Crippen LogP contribution is 2.37. The Hall–Kier alpha value is -3.35. The molecule has 7 nitrogen and oxygen atoms in total. The van der Waals surface area contributed by atoms with Crippen LogP contribution >= 0.6 is 0 Å². The normalized spacial score (nSPS) is 15.4. The minimum Gasteiger partial charge on any atom is -0.465 e. The second-order valence-electron chi connectivity index (χ2n) is 6.26. The van der Waals surface area contributed by atoms with Crippen LogP contribution in [0.1, 0.15) is 40.2 Å². The summed E-state index contributed by atoms with van der Waals surface area (Å²) in [5.74, 6) is -0.813. The van der Waals surface area contributed by atoms with Crippen LogP contribution in [0.25, 0.3) is 0 Å². The molecule has 1 aliphatic carbocycles. The maximum absolute atomic E-state index is 12.7. The molecule has 0 saturated carbocycles. The summed E-state index contributed by atoms with van der Waals surface area (Å²) < 4.78 is 10.2. The number of hydrogen-bond donors (Lipinski definition) is 2. The Kier molecular flexibility index (Phi) is 5.40. The van der Waals surface area contributed by atoms with Crippen LogP contribution in [0.2, 0.25) is 0 Å². The van der Waals surface area contributed by atoms with Gasteiger partial charge in [0, 0.05) is 0 Å². The number of methoxy groups -OCH3 is 1. The third-order valence-corrected chi connectivity index (χ3v) is 4.51. The molecular weight excluding hydrogens is 346 g/mol. The number of benzene rings is 2. The molecule has 1 unspecified atom stereocenters. The van der Waals surface area contributed by atoms with Crippen molar-refractivity contribution in [2.45, 2.75) is 25.2 Å². The molecule has 3 rings (SSSR count). The molecule has 7 heteroatoms. The lowest BCUT2D eigenvalue weighted by molar-refractivity contribution is -0.136. The van der Waals surface area contributed by atoms with Crippen molar-refractivity contribution in [3.63, 3.8) is 0 Å². The highest BCUT2D eigenvalue weighted by atomic mass is 16.5. The molecule has 0 fully saturated rings. The van der Waals surface area contributed by atoms with Crippen molar-refractivity contribution in [2.75, 3.05) is 7.11 Å². The van der Waals surface area contributed by atoms with Crippen LogP contribution < -0.4 is 16.2 Å². The van der Waals surface area contributed by atoms with Crippen molar-refractivity contribution in [3.05, 3.63) is 59.2 Å². The molecule has 4 N–H and O–H groups in total. The summed E-state index contributed by atoms with van der Waals surface area (Å²) in [6.07, 6.45) is 2.34. The van der Waals surface area contributed by atoms with Gasteiger partial charge in [-0.2, -0.15) is 0 Å². The van der Waals surface area contributed by atoms with Crippen molar-refractivity contribution in [2.24, 2.45) is 16.5 Å². The fraction of sp³-hybridized carbons (Fsp3) is 0.250. The lowest BCUT2D eigenvalue weighted by Gasteiger charge is -2.25. The Bertz CT molecular complexity index is 887. The van der Waals surface area contributed by atoms with Crippen LogP contribution in [0, 0.1) is 0 Å². The maximum Gasteiger partial charge on any atom is 0.337 e. The summed E-state index contributed by atoms with van der Waals surface area (Å²) in [6.45, 7) is 0. The minimum absolute atomic E-state index is 0.0150. The van der Waals surface area contributed by atoms with E-state index in [2.05, 4.69) is 9.73 Å². The highest BCUT2D eigenvalue weighted by molar-refractivity contribution is 5.89. The van der Waals surface area contributed by atoms with Gasteiger partial charge in [-0.3, -0.25) is 4.79 Å². The molecule has 0 heterocycles. The first kappa shape index (κ1) is 18.4. The van der Waals surface area contributed by atoms with Crippen molar-refractivity contribution < 1.29 is 19.1 Å². The monoisotopic (exact) mass is 367 g/mol. The molecule has 0 spiro atoms. The van der Waals surface area contributed by atoms with E-state index in [9.17, 15) is 9.59 Å². The molecule has 0 amide bonds. The Labute approximate surface area is 157 Å². The van der Waals surface area contributed by atoms with Crippen LogP contribution in [0.4, 0.5) is 5.69 Å². The SMILES string of the molecule is COC(=O)c1ccc(OC(=O)C2CCCc3c(N=C(N)N)cccc32)cc1. The van der Waals surface area contributed by atoms with Gasteiger partial charge in [-0.15, -0.1) is 0 Å². The number of carbonyl (C=O) groups excluding carboxylic acids is 2. The van der Waals surface area contributed by atoms with E-state index in [-0.39, 0.29) is 17.8 Å². The average molecular weight is 367 g/mol. The first-order chi connectivity index (χ1) is 13.0. The van der Waals surface area contributed by atoms with E-state index in [1.54, 1.807) is 24.3 Å². The fourth-order valence-electron chi connectivity index (χ4n) is 3.28. The third-order valence-electron chi connectivity index (χ3n) is 4.51. The molecule has 27 heavy (non-hydrogen) atoms. The Balaban J connectivity index is 1.81. The number of ether oxygens (including phenoxy) is 2. The zero-order valence-corrected chi connectivity index (χ0v) is 15.0. The molecule has 0 saturated heterocycles. The first-order valence-electron chi connectivity index (χ1n) is 8.61. The first-order valence-corrected chi connectivity index (χ1v) is 8.61. The molecule has 0 bridgehead atoms. The van der Waals surface area contributed by atoms with Crippen LogP contribution in [-0.2, 0) is 16.0 Å². The Morgan fingerprint density at radius 3 is 2.52 bits per heavy atom. The van der Waals surface area contributed by atoms with E-state index in [1.165, 1.54) is 7.11 Å². The van der Waals surface area contributed by atoms with Crippen molar-refractivity contribution in [1.82, 2.24) is 0 Å². The molecule has 140 valence electrons. The van der Waals surface area contributed by atoms with Crippen LogP contribution in [0.5, 0.6) is 5.75 Å². The van der Waals surface area contributed by atoms with Crippen molar-refractivity contribution in [3.8, 4) is 5.75 Å². The molecule has 0 radical (unpaired) electrons. The third kappa shape index (κ3) is 4.08. The van der Waals surface area contributed by atoms with Gasteiger partial charge in [-0.05, 0) is 60.7 Å². The summed E-state index contributed by atoms with van der Waals surface area (Å²) in [4.78, 5) is 28.4. The molecule has 1 aliphatic rings. The van der Waals surface area contributed by atoms with E-state index in [0.717, 1.165) is 24.0 Å². The van der Waals surface area contributed by atoms with Gasteiger partial charge in [0.15, 0.2) is 5.96 Å². The lowest BCUT2D eigenvalue weighted by Crippen LogP contribution is -2.24. The van der Waals surface area contributed by atoms with E-state index in [4.69, 9.17) is 16.2 Å². The van der Waals surface area contributed by atoms with E-state index >= 15 is 0 Å². The summed E-state index contributed by atoms with van der Waals surface area (Å²) in [6, 6.07) is 11.8. The molecule has 2 aromatic carbocycles.